The third kappa shape index (κ3) is 6.28. The quantitative estimate of drug-likeness (QED) is 0.620. The zero-order chi connectivity index (χ0) is 18.5. The topological polar surface area (TPSA) is 102 Å². The second-order valence-electron chi connectivity index (χ2n) is 6.70. The monoisotopic (exact) mass is 335 g/mol. The Morgan fingerprint density at radius 2 is 1.88 bits per heavy atom. The fourth-order valence-electron chi connectivity index (χ4n) is 1.85. The van der Waals surface area contributed by atoms with Crippen LogP contribution in [-0.2, 0) is 14.3 Å². The Kier molecular flexibility index (Phi) is 6.34. The van der Waals surface area contributed by atoms with Crippen LogP contribution >= 0.6 is 0 Å². The number of nitrogens with one attached hydrogen (secondary N) is 1. The minimum absolute atomic E-state index is 0.106. The molecule has 0 bridgehead atoms. The molecule has 132 valence electrons. The van der Waals surface area contributed by atoms with E-state index in [9.17, 15) is 14.4 Å². The summed E-state index contributed by atoms with van der Waals surface area (Å²) in [5.74, 6) is -1.38. The summed E-state index contributed by atoms with van der Waals surface area (Å²) in [7, 11) is 1.47. The van der Waals surface area contributed by atoms with Gasteiger partial charge in [-0.2, -0.15) is 0 Å². The van der Waals surface area contributed by atoms with Crippen molar-refractivity contribution < 1.29 is 19.1 Å². The second-order valence-corrected chi connectivity index (χ2v) is 6.70. The number of nitrogens with zero attached hydrogens (tertiary/aromatic N) is 1. The Morgan fingerprint density at radius 1 is 1.25 bits per heavy atom. The van der Waals surface area contributed by atoms with Crippen molar-refractivity contribution >= 4 is 23.5 Å². The van der Waals surface area contributed by atoms with Crippen molar-refractivity contribution in [2.75, 3.05) is 25.9 Å². The van der Waals surface area contributed by atoms with Gasteiger partial charge < -0.3 is 20.7 Å². The van der Waals surface area contributed by atoms with Crippen LogP contribution < -0.4 is 11.1 Å². The summed E-state index contributed by atoms with van der Waals surface area (Å²) >= 11 is 0. The van der Waals surface area contributed by atoms with Crippen molar-refractivity contribution in [3.8, 4) is 0 Å². The number of benzene rings is 1. The first-order valence-corrected chi connectivity index (χ1v) is 7.58. The number of esters is 1. The molecule has 0 fully saturated rings. The minimum atomic E-state index is -0.636. The molecule has 0 aliphatic rings. The zero-order valence-electron chi connectivity index (χ0n) is 14.8. The molecule has 0 unspecified atom stereocenters. The maximum absolute atomic E-state index is 11.9. The number of anilines is 1. The summed E-state index contributed by atoms with van der Waals surface area (Å²) in [6.07, 6.45) is 0. The molecule has 7 nitrogen and oxygen atoms in total. The smallest absolute Gasteiger partial charge is 0.338 e. The molecule has 1 aromatic rings. The van der Waals surface area contributed by atoms with Crippen LogP contribution in [0.1, 0.15) is 36.7 Å². The average molecular weight is 335 g/mol. The van der Waals surface area contributed by atoms with Gasteiger partial charge in [0.05, 0.1) is 12.1 Å². The molecule has 1 aromatic carbocycles. The van der Waals surface area contributed by atoms with Gasteiger partial charge in [-0.05, 0) is 45.4 Å². The maximum atomic E-state index is 11.9. The minimum Gasteiger partial charge on any atom is -0.452 e. The molecule has 0 atom stereocenters. The molecule has 1 rings (SSSR count). The van der Waals surface area contributed by atoms with E-state index in [2.05, 4.69) is 5.32 Å². The number of aryl methyl sites for hydroxylation is 1. The van der Waals surface area contributed by atoms with Crippen LogP contribution in [0.15, 0.2) is 18.2 Å². The van der Waals surface area contributed by atoms with Gasteiger partial charge >= 0.3 is 5.97 Å². The van der Waals surface area contributed by atoms with Gasteiger partial charge in [0.15, 0.2) is 6.61 Å². The number of amides is 2. The zero-order valence-corrected chi connectivity index (χ0v) is 14.8. The Morgan fingerprint density at radius 3 is 2.42 bits per heavy atom. The lowest BCUT2D eigenvalue weighted by molar-refractivity contribution is -0.137. The number of likely N-dealkylation sites (N-methyl/N-ethyl adjacent to an activating group) is 1. The summed E-state index contributed by atoms with van der Waals surface area (Å²) < 4.78 is 4.97. The van der Waals surface area contributed by atoms with E-state index >= 15 is 0 Å². The van der Waals surface area contributed by atoms with Crippen molar-refractivity contribution in [2.45, 2.75) is 33.2 Å². The fraction of sp³-hybridized carbons (Fsp3) is 0.471. The number of nitrogen functional groups attached to an aromatic ring is 1. The molecular weight excluding hydrogens is 310 g/mol. The van der Waals surface area contributed by atoms with Crippen molar-refractivity contribution in [1.82, 2.24) is 10.2 Å². The largest absolute Gasteiger partial charge is 0.452 e. The summed E-state index contributed by atoms with van der Waals surface area (Å²) in [6, 6.07) is 4.79. The molecule has 0 aromatic heterocycles. The second kappa shape index (κ2) is 7.81. The van der Waals surface area contributed by atoms with Gasteiger partial charge in [0.2, 0.25) is 5.91 Å². The number of carbonyl (C=O) groups is 3. The van der Waals surface area contributed by atoms with Crippen LogP contribution in [0.4, 0.5) is 5.69 Å². The van der Waals surface area contributed by atoms with Gasteiger partial charge in [-0.1, -0.05) is 6.07 Å². The fourth-order valence-corrected chi connectivity index (χ4v) is 1.85. The van der Waals surface area contributed by atoms with Crippen LogP contribution in [0.2, 0.25) is 0 Å². The molecule has 0 aliphatic heterocycles. The van der Waals surface area contributed by atoms with Gasteiger partial charge in [-0.15, -0.1) is 0 Å². The molecule has 7 heteroatoms. The van der Waals surface area contributed by atoms with Crippen molar-refractivity contribution in [3.05, 3.63) is 29.3 Å². The van der Waals surface area contributed by atoms with E-state index in [-0.39, 0.29) is 23.6 Å². The number of rotatable bonds is 5. The summed E-state index contributed by atoms with van der Waals surface area (Å²) in [4.78, 5) is 36.8. The number of carbonyl (C=O) groups excluding carboxylic acids is 3. The van der Waals surface area contributed by atoms with Crippen LogP contribution in [0.25, 0.3) is 0 Å². The van der Waals surface area contributed by atoms with Gasteiger partial charge in [0.25, 0.3) is 5.91 Å². The average Bonchev–Trinajstić information content (AvgIpc) is 2.45. The number of ether oxygens (including phenoxy) is 1. The lowest BCUT2D eigenvalue weighted by Gasteiger charge is -2.23. The summed E-state index contributed by atoms with van der Waals surface area (Å²) in [5.41, 5.74) is 6.97. The molecule has 0 aliphatic carbocycles. The molecular formula is C17H25N3O4. The van der Waals surface area contributed by atoms with Crippen molar-refractivity contribution in [1.29, 1.82) is 0 Å². The first-order valence-electron chi connectivity index (χ1n) is 7.58. The Bertz CT molecular complexity index is 635. The van der Waals surface area contributed by atoms with Crippen LogP contribution in [0, 0.1) is 6.92 Å². The lowest BCUT2D eigenvalue weighted by atomic mass is 10.1. The number of hydrogen-bond acceptors (Lipinski definition) is 5. The van der Waals surface area contributed by atoms with Crippen molar-refractivity contribution in [3.63, 3.8) is 0 Å². The third-order valence-corrected chi connectivity index (χ3v) is 3.16. The molecule has 3 N–H and O–H groups in total. The van der Waals surface area contributed by atoms with E-state index in [1.165, 1.54) is 18.0 Å². The van der Waals surface area contributed by atoms with E-state index in [1.54, 1.807) is 12.1 Å². The molecule has 2 amide bonds. The SMILES string of the molecule is Cc1ccc(C(=O)OCC(=O)N(C)CC(=O)NC(C)(C)C)cc1N. The maximum Gasteiger partial charge on any atom is 0.338 e. The highest BCUT2D eigenvalue weighted by Gasteiger charge is 2.19. The van der Waals surface area contributed by atoms with E-state index < -0.39 is 18.5 Å². The van der Waals surface area contributed by atoms with Gasteiger partial charge in [0.1, 0.15) is 0 Å². The van der Waals surface area contributed by atoms with E-state index in [4.69, 9.17) is 10.5 Å². The summed E-state index contributed by atoms with van der Waals surface area (Å²) in [5, 5.41) is 2.75. The van der Waals surface area contributed by atoms with E-state index in [1.807, 2.05) is 27.7 Å². The van der Waals surface area contributed by atoms with Crippen molar-refractivity contribution in [2.24, 2.45) is 0 Å². The predicted octanol–water partition coefficient (Wildman–Crippen LogP) is 1.11. The standard InChI is InChI=1S/C17H25N3O4/c1-11-6-7-12(8-13(11)18)16(23)24-10-15(22)20(5)9-14(21)19-17(2,3)4/h6-8H,9-10,18H2,1-5H3,(H,19,21). The highest BCUT2D eigenvalue weighted by molar-refractivity contribution is 5.93. The molecule has 0 saturated heterocycles. The first kappa shape index (κ1) is 19.5. The molecule has 0 saturated carbocycles. The van der Waals surface area contributed by atoms with Crippen LogP contribution in [0.3, 0.4) is 0 Å². The molecule has 0 radical (unpaired) electrons. The first-order chi connectivity index (χ1) is 11.0. The van der Waals surface area contributed by atoms with Gasteiger partial charge in [-0.3, -0.25) is 9.59 Å². The molecule has 0 spiro atoms. The third-order valence-electron chi connectivity index (χ3n) is 3.16. The van der Waals surface area contributed by atoms with E-state index in [0.29, 0.717) is 5.69 Å². The highest BCUT2D eigenvalue weighted by Crippen LogP contribution is 2.13. The molecule has 24 heavy (non-hydrogen) atoms. The van der Waals surface area contributed by atoms with E-state index in [0.717, 1.165) is 5.56 Å². The van der Waals surface area contributed by atoms with Gasteiger partial charge in [0, 0.05) is 18.3 Å². The number of nitrogens with two attached hydrogens (primary N) is 1. The Balaban J connectivity index is 2.51. The lowest BCUT2D eigenvalue weighted by Crippen LogP contribution is -2.46. The van der Waals surface area contributed by atoms with Crippen LogP contribution in [-0.4, -0.2) is 48.4 Å². The number of hydrogen-bond donors (Lipinski definition) is 2. The Hall–Kier alpha value is -2.57. The molecule has 0 heterocycles. The highest BCUT2D eigenvalue weighted by atomic mass is 16.5. The van der Waals surface area contributed by atoms with Gasteiger partial charge in [-0.25, -0.2) is 4.79 Å². The normalized spacial score (nSPS) is 10.9. The van der Waals surface area contributed by atoms with Crippen LogP contribution in [0.5, 0.6) is 0 Å². The Labute approximate surface area is 142 Å². The summed E-state index contributed by atoms with van der Waals surface area (Å²) in [6.45, 7) is 6.83. The predicted molar refractivity (Wildman–Crippen MR) is 91.4 cm³/mol.